The predicted octanol–water partition coefficient (Wildman–Crippen LogP) is 3.88. The minimum Gasteiger partial charge on any atom is -0.349 e. The maximum atomic E-state index is 12.0. The van der Waals surface area contributed by atoms with Gasteiger partial charge in [0, 0.05) is 28.6 Å². The summed E-state index contributed by atoms with van der Waals surface area (Å²) in [7, 11) is 0. The Kier molecular flexibility index (Phi) is 10.1. The lowest BCUT2D eigenvalue weighted by molar-refractivity contribution is -0.122. The standard InChI is InChI=1S/C15H23ClN2OS.ClH/c1-3-15(4-2,11-17)18-14(19)9-10-20-13-7-5-12(16)6-8-13;/h5-8H,3-4,9-11,17H2,1-2H3,(H,18,19);1H. The van der Waals surface area contributed by atoms with Gasteiger partial charge in [-0.05, 0) is 37.1 Å². The number of carbonyl (C=O) groups excluding carboxylic acids is 1. The van der Waals surface area contributed by atoms with Gasteiger partial charge in [0.25, 0.3) is 0 Å². The highest BCUT2D eigenvalue weighted by molar-refractivity contribution is 7.99. The lowest BCUT2D eigenvalue weighted by Gasteiger charge is -2.31. The number of amides is 1. The molecule has 0 aliphatic rings. The summed E-state index contributed by atoms with van der Waals surface area (Å²) in [5.41, 5.74) is 5.53. The van der Waals surface area contributed by atoms with Crippen molar-refractivity contribution in [2.75, 3.05) is 12.3 Å². The molecule has 0 bridgehead atoms. The minimum absolute atomic E-state index is 0. The Bertz CT molecular complexity index is 414. The molecule has 0 saturated carbocycles. The van der Waals surface area contributed by atoms with Crippen molar-refractivity contribution in [2.24, 2.45) is 5.73 Å². The van der Waals surface area contributed by atoms with Gasteiger partial charge >= 0.3 is 0 Å². The van der Waals surface area contributed by atoms with E-state index in [1.807, 2.05) is 24.3 Å². The first-order valence-electron chi connectivity index (χ1n) is 6.94. The summed E-state index contributed by atoms with van der Waals surface area (Å²) in [5, 5.41) is 3.80. The molecule has 1 aromatic rings. The van der Waals surface area contributed by atoms with Gasteiger partial charge in [0.05, 0.1) is 5.54 Å². The van der Waals surface area contributed by atoms with Crippen LogP contribution in [0.3, 0.4) is 0 Å². The van der Waals surface area contributed by atoms with Crippen LogP contribution in [-0.2, 0) is 4.79 Å². The number of hydrogen-bond acceptors (Lipinski definition) is 3. The third kappa shape index (κ3) is 6.92. The van der Waals surface area contributed by atoms with Crippen molar-refractivity contribution in [3.05, 3.63) is 29.3 Å². The molecule has 3 N–H and O–H groups in total. The average molecular weight is 351 g/mol. The van der Waals surface area contributed by atoms with Gasteiger partial charge in [-0.3, -0.25) is 4.79 Å². The SMILES string of the molecule is CCC(CC)(CN)NC(=O)CCSc1ccc(Cl)cc1.Cl. The highest BCUT2D eigenvalue weighted by Gasteiger charge is 2.25. The second-order valence-corrected chi connectivity index (χ2v) is 6.40. The Morgan fingerprint density at radius 3 is 2.33 bits per heavy atom. The van der Waals surface area contributed by atoms with Crippen LogP contribution in [0.2, 0.25) is 5.02 Å². The molecule has 1 amide bonds. The van der Waals surface area contributed by atoms with Gasteiger partial charge in [-0.25, -0.2) is 0 Å². The van der Waals surface area contributed by atoms with E-state index in [2.05, 4.69) is 19.2 Å². The third-order valence-electron chi connectivity index (χ3n) is 3.56. The molecule has 0 atom stereocenters. The Morgan fingerprint density at radius 1 is 1.29 bits per heavy atom. The monoisotopic (exact) mass is 350 g/mol. The number of nitrogens with one attached hydrogen (secondary N) is 1. The molecule has 120 valence electrons. The number of nitrogens with two attached hydrogens (primary N) is 1. The molecule has 0 fully saturated rings. The van der Waals surface area contributed by atoms with Crippen molar-refractivity contribution in [2.45, 2.75) is 43.5 Å². The van der Waals surface area contributed by atoms with Gasteiger partial charge in [-0.15, -0.1) is 24.2 Å². The fourth-order valence-corrected chi connectivity index (χ4v) is 2.89. The van der Waals surface area contributed by atoms with Gasteiger partial charge in [0.2, 0.25) is 5.91 Å². The second kappa shape index (κ2) is 10.3. The van der Waals surface area contributed by atoms with Crippen molar-refractivity contribution in [3.8, 4) is 0 Å². The minimum atomic E-state index is -0.248. The number of rotatable bonds is 8. The molecule has 0 aliphatic carbocycles. The Morgan fingerprint density at radius 2 is 1.86 bits per heavy atom. The molecule has 1 rings (SSSR count). The summed E-state index contributed by atoms with van der Waals surface area (Å²) in [6.45, 7) is 4.59. The van der Waals surface area contributed by atoms with Crippen LogP contribution in [0.1, 0.15) is 33.1 Å². The smallest absolute Gasteiger partial charge is 0.221 e. The summed E-state index contributed by atoms with van der Waals surface area (Å²) in [6.07, 6.45) is 2.21. The van der Waals surface area contributed by atoms with E-state index in [1.54, 1.807) is 11.8 Å². The zero-order chi connectivity index (χ0) is 15.0. The van der Waals surface area contributed by atoms with E-state index in [0.717, 1.165) is 28.5 Å². The van der Waals surface area contributed by atoms with Crippen molar-refractivity contribution < 1.29 is 4.79 Å². The topological polar surface area (TPSA) is 55.1 Å². The van der Waals surface area contributed by atoms with Crippen LogP contribution in [0.4, 0.5) is 0 Å². The third-order valence-corrected chi connectivity index (χ3v) is 4.83. The van der Waals surface area contributed by atoms with Crippen molar-refractivity contribution >= 4 is 41.7 Å². The van der Waals surface area contributed by atoms with E-state index < -0.39 is 0 Å². The normalized spacial score (nSPS) is 10.9. The van der Waals surface area contributed by atoms with Crippen LogP contribution in [-0.4, -0.2) is 23.7 Å². The highest BCUT2D eigenvalue weighted by Crippen LogP contribution is 2.21. The van der Waals surface area contributed by atoms with Crippen molar-refractivity contribution in [1.29, 1.82) is 0 Å². The fourth-order valence-electron chi connectivity index (χ4n) is 1.92. The van der Waals surface area contributed by atoms with Gasteiger partial charge in [0.1, 0.15) is 0 Å². The van der Waals surface area contributed by atoms with Crippen molar-refractivity contribution in [1.82, 2.24) is 5.32 Å². The number of benzene rings is 1. The summed E-state index contributed by atoms with van der Waals surface area (Å²) in [6, 6.07) is 7.65. The van der Waals surface area contributed by atoms with Crippen LogP contribution >= 0.6 is 35.8 Å². The van der Waals surface area contributed by atoms with E-state index in [-0.39, 0.29) is 23.9 Å². The molecule has 0 spiro atoms. The first kappa shape index (κ1) is 20.6. The fraction of sp³-hybridized carbons (Fsp3) is 0.533. The molecular weight excluding hydrogens is 327 g/mol. The van der Waals surface area contributed by atoms with E-state index in [9.17, 15) is 4.79 Å². The summed E-state index contributed by atoms with van der Waals surface area (Å²) in [4.78, 5) is 13.1. The van der Waals surface area contributed by atoms with E-state index in [0.29, 0.717) is 13.0 Å². The molecule has 0 aliphatic heterocycles. The molecule has 0 radical (unpaired) electrons. The quantitative estimate of drug-likeness (QED) is 0.699. The molecule has 21 heavy (non-hydrogen) atoms. The molecule has 6 heteroatoms. The van der Waals surface area contributed by atoms with E-state index in [1.165, 1.54) is 0 Å². The number of halogens is 2. The number of carbonyl (C=O) groups is 1. The zero-order valence-corrected chi connectivity index (χ0v) is 14.9. The summed E-state index contributed by atoms with van der Waals surface area (Å²) < 4.78 is 0. The first-order chi connectivity index (χ1) is 9.55. The highest BCUT2D eigenvalue weighted by atomic mass is 35.5. The molecule has 0 aromatic heterocycles. The zero-order valence-electron chi connectivity index (χ0n) is 12.5. The Hall–Kier alpha value is -0.420. The largest absolute Gasteiger partial charge is 0.349 e. The van der Waals surface area contributed by atoms with Gasteiger partial charge in [-0.2, -0.15) is 0 Å². The molecule has 1 aromatic carbocycles. The molecule has 0 unspecified atom stereocenters. The lowest BCUT2D eigenvalue weighted by Crippen LogP contribution is -2.52. The van der Waals surface area contributed by atoms with Crippen LogP contribution in [0.5, 0.6) is 0 Å². The molecular formula is C15H24Cl2N2OS. The second-order valence-electron chi connectivity index (χ2n) is 4.79. The van der Waals surface area contributed by atoms with Crippen molar-refractivity contribution in [3.63, 3.8) is 0 Å². The summed E-state index contributed by atoms with van der Waals surface area (Å²) >= 11 is 7.49. The average Bonchev–Trinajstić information content (AvgIpc) is 2.47. The lowest BCUT2D eigenvalue weighted by atomic mass is 9.93. The maximum Gasteiger partial charge on any atom is 0.221 e. The Labute approximate surface area is 142 Å². The number of thioether (sulfide) groups is 1. The van der Waals surface area contributed by atoms with Crippen LogP contribution in [0, 0.1) is 0 Å². The summed E-state index contributed by atoms with van der Waals surface area (Å²) in [5.74, 6) is 0.822. The maximum absolute atomic E-state index is 12.0. The predicted molar refractivity (Wildman–Crippen MR) is 94.6 cm³/mol. The number of hydrogen-bond donors (Lipinski definition) is 2. The van der Waals surface area contributed by atoms with E-state index in [4.69, 9.17) is 17.3 Å². The van der Waals surface area contributed by atoms with Crippen LogP contribution in [0.15, 0.2) is 29.2 Å². The van der Waals surface area contributed by atoms with Gasteiger partial charge in [-0.1, -0.05) is 25.4 Å². The van der Waals surface area contributed by atoms with Gasteiger partial charge < -0.3 is 11.1 Å². The van der Waals surface area contributed by atoms with Gasteiger partial charge in [0.15, 0.2) is 0 Å². The van der Waals surface area contributed by atoms with Crippen LogP contribution < -0.4 is 11.1 Å². The molecule has 3 nitrogen and oxygen atoms in total. The van der Waals surface area contributed by atoms with Crippen LogP contribution in [0.25, 0.3) is 0 Å². The molecule has 0 heterocycles. The Balaban J connectivity index is 0.00000400. The molecule has 0 saturated heterocycles. The van der Waals surface area contributed by atoms with E-state index >= 15 is 0 Å². The first-order valence-corrected chi connectivity index (χ1v) is 8.31.